The fourth-order valence-corrected chi connectivity index (χ4v) is 2.13. The van der Waals surface area contributed by atoms with E-state index in [0.29, 0.717) is 5.82 Å². The van der Waals surface area contributed by atoms with Gasteiger partial charge in [0.2, 0.25) is 0 Å². The van der Waals surface area contributed by atoms with Crippen LogP contribution in [-0.4, -0.2) is 22.2 Å². The molecule has 0 aliphatic carbocycles. The third kappa shape index (κ3) is 3.33. The number of hydrogen-bond acceptors (Lipinski definition) is 4. The standard InChI is InChI=1S/C15H22N4O2/c1-8(21-14(17)20)12(16)13-18-10-6-5-9(15(2,3)4)7-11(10)19-13/h5-8,12H,16H2,1-4H3,(H2,17,20)(H,18,19)/t8-,12+/m0/s1. The molecule has 21 heavy (non-hydrogen) atoms. The number of carbonyl (C=O) groups is 1. The number of aromatic nitrogens is 2. The van der Waals surface area contributed by atoms with Gasteiger partial charge < -0.3 is 21.2 Å². The molecule has 1 aromatic carbocycles. The predicted molar refractivity (Wildman–Crippen MR) is 81.9 cm³/mol. The van der Waals surface area contributed by atoms with Crippen molar-refractivity contribution < 1.29 is 9.53 Å². The average Bonchev–Trinajstić information content (AvgIpc) is 2.78. The van der Waals surface area contributed by atoms with Gasteiger partial charge in [-0.3, -0.25) is 0 Å². The quantitative estimate of drug-likeness (QED) is 0.806. The number of hydrogen-bond donors (Lipinski definition) is 3. The Morgan fingerprint density at radius 2 is 2.05 bits per heavy atom. The lowest BCUT2D eigenvalue weighted by molar-refractivity contribution is 0.0996. The zero-order chi connectivity index (χ0) is 15.8. The van der Waals surface area contributed by atoms with Crippen LogP contribution in [0.2, 0.25) is 0 Å². The van der Waals surface area contributed by atoms with Crippen LogP contribution in [0.25, 0.3) is 11.0 Å². The number of nitrogens with two attached hydrogens (primary N) is 2. The smallest absolute Gasteiger partial charge is 0.404 e. The summed E-state index contributed by atoms with van der Waals surface area (Å²) in [7, 11) is 0. The van der Waals surface area contributed by atoms with Crippen LogP contribution in [-0.2, 0) is 10.2 Å². The topological polar surface area (TPSA) is 107 Å². The number of rotatable bonds is 3. The number of carbonyl (C=O) groups excluding carboxylic acids is 1. The molecule has 2 rings (SSSR count). The van der Waals surface area contributed by atoms with Crippen molar-refractivity contribution in [1.29, 1.82) is 0 Å². The van der Waals surface area contributed by atoms with Gasteiger partial charge in [-0.1, -0.05) is 26.8 Å². The van der Waals surface area contributed by atoms with Crippen molar-refractivity contribution in [2.24, 2.45) is 11.5 Å². The van der Waals surface area contributed by atoms with Crippen molar-refractivity contribution >= 4 is 17.1 Å². The van der Waals surface area contributed by atoms with Crippen LogP contribution in [0.15, 0.2) is 18.2 Å². The summed E-state index contributed by atoms with van der Waals surface area (Å²) < 4.78 is 4.89. The number of amides is 1. The fourth-order valence-electron chi connectivity index (χ4n) is 2.13. The lowest BCUT2D eigenvalue weighted by Gasteiger charge is -2.18. The lowest BCUT2D eigenvalue weighted by atomic mass is 9.87. The first-order valence-electron chi connectivity index (χ1n) is 6.90. The Balaban J connectivity index is 2.32. The maximum Gasteiger partial charge on any atom is 0.404 e. The molecule has 1 amide bonds. The Hall–Kier alpha value is -2.08. The molecule has 5 N–H and O–H groups in total. The molecule has 0 aliphatic heterocycles. The van der Waals surface area contributed by atoms with Crippen molar-refractivity contribution in [3.63, 3.8) is 0 Å². The first-order valence-corrected chi connectivity index (χ1v) is 6.90. The van der Waals surface area contributed by atoms with E-state index in [1.807, 2.05) is 6.07 Å². The second kappa shape index (κ2) is 5.37. The highest BCUT2D eigenvalue weighted by molar-refractivity contribution is 5.76. The molecule has 0 unspecified atom stereocenters. The Kier molecular flexibility index (Phi) is 3.91. The Morgan fingerprint density at radius 1 is 1.38 bits per heavy atom. The van der Waals surface area contributed by atoms with Gasteiger partial charge in [0, 0.05) is 0 Å². The van der Waals surface area contributed by atoms with Gasteiger partial charge in [-0.25, -0.2) is 9.78 Å². The molecule has 0 radical (unpaired) electrons. The van der Waals surface area contributed by atoms with Crippen LogP contribution in [0.4, 0.5) is 4.79 Å². The number of benzene rings is 1. The van der Waals surface area contributed by atoms with E-state index < -0.39 is 18.2 Å². The monoisotopic (exact) mass is 290 g/mol. The fraction of sp³-hybridized carbons (Fsp3) is 0.467. The number of nitrogens with zero attached hydrogens (tertiary/aromatic N) is 1. The summed E-state index contributed by atoms with van der Waals surface area (Å²) in [6.45, 7) is 8.14. The summed E-state index contributed by atoms with van der Waals surface area (Å²) >= 11 is 0. The predicted octanol–water partition coefficient (Wildman–Crippen LogP) is 2.34. The van der Waals surface area contributed by atoms with Crippen molar-refractivity contribution in [3.05, 3.63) is 29.6 Å². The van der Waals surface area contributed by atoms with E-state index in [1.165, 1.54) is 5.56 Å². The van der Waals surface area contributed by atoms with Crippen LogP contribution in [0.5, 0.6) is 0 Å². The number of primary amides is 1. The third-order valence-corrected chi connectivity index (χ3v) is 3.49. The van der Waals surface area contributed by atoms with Gasteiger partial charge in [-0.05, 0) is 30.0 Å². The van der Waals surface area contributed by atoms with Gasteiger partial charge >= 0.3 is 6.09 Å². The second-order valence-electron chi connectivity index (χ2n) is 6.27. The molecule has 114 valence electrons. The average molecular weight is 290 g/mol. The molecule has 6 heteroatoms. The molecule has 0 bridgehead atoms. The molecule has 1 heterocycles. The third-order valence-electron chi connectivity index (χ3n) is 3.49. The summed E-state index contributed by atoms with van der Waals surface area (Å²) in [5.41, 5.74) is 14.1. The first kappa shape index (κ1) is 15.3. The molecule has 1 aromatic heterocycles. The highest BCUT2D eigenvalue weighted by atomic mass is 16.6. The van der Waals surface area contributed by atoms with Gasteiger partial charge in [0.25, 0.3) is 0 Å². The molecule has 0 spiro atoms. The van der Waals surface area contributed by atoms with E-state index in [2.05, 4.69) is 42.9 Å². The molecular weight excluding hydrogens is 268 g/mol. The van der Waals surface area contributed by atoms with E-state index in [1.54, 1.807) is 6.92 Å². The maximum absolute atomic E-state index is 10.8. The highest BCUT2D eigenvalue weighted by Gasteiger charge is 2.22. The zero-order valence-corrected chi connectivity index (χ0v) is 12.8. The van der Waals surface area contributed by atoms with Crippen molar-refractivity contribution in [2.45, 2.75) is 45.3 Å². The number of aromatic amines is 1. The van der Waals surface area contributed by atoms with E-state index in [0.717, 1.165) is 11.0 Å². The lowest BCUT2D eigenvalue weighted by Crippen LogP contribution is -2.31. The van der Waals surface area contributed by atoms with Crippen LogP contribution in [0.1, 0.15) is 45.1 Å². The van der Waals surface area contributed by atoms with Gasteiger partial charge in [-0.15, -0.1) is 0 Å². The van der Waals surface area contributed by atoms with Crippen molar-refractivity contribution in [2.75, 3.05) is 0 Å². The Morgan fingerprint density at radius 3 is 2.62 bits per heavy atom. The van der Waals surface area contributed by atoms with Crippen LogP contribution < -0.4 is 11.5 Å². The van der Waals surface area contributed by atoms with Crippen LogP contribution in [0.3, 0.4) is 0 Å². The second-order valence-corrected chi connectivity index (χ2v) is 6.27. The van der Waals surface area contributed by atoms with E-state index >= 15 is 0 Å². The summed E-state index contributed by atoms with van der Waals surface area (Å²) in [6, 6.07) is 5.53. The highest BCUT2D eigenvalue weighted by Crippen LogP contribution is 2.26. The van der Waals surface area contributed by atoms with Gasteiger partial charge in [-0.2, -0.15) is 0 Å². The van der Waals surface area contributed by atoms with Crippen LogP contribution >= 0.6 is 0 Å². The normalized spacial score (nSPS) is 14.9. The Labute approximate surface area is 123 Å². The number of nitrogens with one attached hydrogen (secondary N) is 1. The number of imidazole rings is 1. The molecule has 2 atom stereocenters. The van der Waals surface area contributed by atoms with Crippen LogP contribution in [0, 0.1) is 0 Å². The Bertz CT molecular complexity index is 657. The first-order chi connectivity index (χ1) is 9.68. The molecule has 0 saturated carbocycles. The minimum absolute atomic E-state index is 0.0595. The number of fused-ring (bicyclic) bond motifs is 1. The van der Waals surface area contributed by atoms with Gasteiger partial charge in [0.05, 0.1) is 11.0 Å². The van der Waals surface area contributed by atoms with Crippen molar-refractivity contribution in [3.8, 4) is 0 Å². The summed E-state index contributed by atoms with van der Waals surface area (Å²) in [4.78, 5) is 18.4. The molecule has 0 saturated heterocycles. The maximum atomic E-state index is 10.8. The molecule has 0 fully saturated rings. The van der Waals surface area contributed by atoms with Gasteiger partial charge in [0.15, 0.2) is 0 Å². The molecular formula is C15H22N4O2. The largest absolute Gasteiger partial charge is 0.445 e. The molecule has 0 aliphatic rings. The van der Waals surface area contributed by atoms with E-state index in [-0.39, 0.29) is 5.41 Å². The summed E-state index contributed by atoms with van der Waals surface area (Å²) in [5, 5.41) is 0. The van der Waals surface area contributed by atoms with Gasteiger partial charge in [0.1, 0.15) is 18.0 Å². The molecule has 6 nitrogen and oxygen atoms in total. The number of ether oxygens (including phenoxy) is 1. The minimum atomic E-state index is -0.843. The van der Waals surface area contributed by atoms with Crippen molar-refractivity contribution in [1.82, 2.24) is 9.97 Å². The molecule has 2 aromatic rings. The van der Waals surface area contributed by atoms with E-state index in [9.17, 15) is 4.79 Å². The SMILES string of the molecule is C[C@H](OC(N)=O)[C@@H](N)c1nc2ccc(C(C)(C)C)cc2[nH]1. The van der Waals surface area contributed by atoms with E-state index in [4.69, 9.17) is 16.2 Å². The summed E-state index contributed by atoms with van der Waals surface area (Å²) in [5.74, 6) is 0.574. The number of H-pyrrole nitrogens is 1. The summed E-state index contributed by atoms with van der Waals surface area (Å²) in [6.07, 6.45) is -1.39. The zero-order valence-electron chi connectivity index (χ0n) is 12.8. The minimum Gasteiger partial charge on any atom is -0.445 e.